The van der Waals surface area contributed by atoms with E-state index in [-0.39, 0.29) is 0 Å². The van der Waals surface area contributed by atoms with Gasteiger partial charge in [0.05, 0.1) is 0 Å². The van der Waals surface area contributed by atoms with Gasteiger partial charge in [0.25, 0.3) is 0 Å². The number of benzene rings is 1. The fourth-order valence-corrected chi connectivity index (χ4v) is 1.96. The average Bonchev–Trinajstić information content (AvgIpc) is 2.17. The first-order valence-corrected chi connectivity index (χ1v) is 5.77. The number of hydrogen-bond donors (Lipinski definition) is 0. The van der Waals surface area contributed by atoms with Crippen LogP contribution in [0.1, 0.15) is 36.2 Å². The van der Waals surface area contributed by atoms with Crippen LogP contribution >= 0.6 is 15.9 Å². The van der Waals surface area contributed by atoms with Crippen molar-refractivity contribution in [2.45, 2.75) is 32.0 Å². The van der Waals surface area contributed by atoms with Crippen molar-refractivity contribution in [3.8, 4) is 0 Å². The first-order valence-electron chi connectivity index (χ1n) is 4.85. The van der Waals surface area contributed by atoms with Crippen LogP contribution in [0.4, 0.5) is 0 Å². The number of halogens is 1. The van der Waals surface area contributed by atoms with Crippen molar-refractivity contribution in [1.29, 1.82) is 0 Å². The Labute approximate surface area is 89.5 Å². The fraction of sp³-hybridized carbons (Fsp3) is 0.500. The summed E-state index contributed by atoms with van der Waals surface area (Å²) in [6, 6.07) is 8.76. The van der Waals surface area contributed by atoms with Crippen LogP contribution in [0.3, 0.4) is 0 Å². The lowest BCUT2D eigenvalue weighted by molar-refractivity contribution is 0.555. The van der Waals surface area contributed by atoms with Gasteiger partial charge in [0.1, 0.15) is 0 Å². The van der Waals surface area contributed by atoms with Gasteiger partial charge in [-0.25, -0.2) is 0 Å². The largest absolute Gasteiger partial charge is 0.0836 e. The summed E-state index contributed by atoms with van der Waals surface area (Å²) in [6.45, 7) is 6.63. The molecule has 0 amide bonds. The first kappa shape index (κ1) is 10.8. The topological polar surface area (TPSA) is 0 Å². The molecule has 0 spiro atoms. The molecule has 0 aromatic heterocycles. The number of aryl methyl sites for hydroxylation is 1. The minimum Gasteiger partial charge on any atom is -0.0836 e. The predicted octanol–water partition coefficient (Wildman–Crippen LogP) is 4.48. The second-order valence-corrected chi connectivity index (χ2v) is 4.68. The smallest absolute Gasteiger partial charge is 0.0420 e. The van der Waals surface area contributed by atoms with E-state index in [9.17, 15) is 0 Å². The van der Waals surface area contributed by atoms with Crippen molar-refractivity contribution < 1.29 is 0 Å². The Morgan fingerprint density at radius 1 is 1.23 bits per heavy atom. The van der Waals surface area contributed by atoms with Gasteiger partial charge >= 0.3 is 0 Å². The normalized spacial score (nSPS) is 15.4. The van der Waals surface area contributed by atoms with E-state index in [1.807, 2.05) is 0 Å². The molecule has 1 aromatic rings. The zero-order valence-corrected chi connectivity index (χ0v) is 10.1. The maximum Gasteiger partial charge on any atom is 0.0420 e. The van der Waals surface area contributed by atoms with Crippen LogP contribution in [-0.4, -0.2) is 0 Å². The van der Waals surface area contributed by atoms with Gasteiger partial charge in [-0.2, -0.15) is 0 Å². The molecular weight excluding hydrogens is 224 g/mol. The summed E-state index contributed by atoms with van der Waals surface area (Å²) in [7, 11) is 0. The first-order chi connectivity index (χ1) is 6.15. The van der Waals surface area contributed by atoms with Crippen LogP contribution < -0.4 is 0 Å². The minimum atomic E-state index is 0.498. The molecule has 0 saturated heterocycles. The molecule has 1 rings (SSSR count). The molecule has 0 heterocycles. The Balaban J connectivity index is 2.77. The van der Waals surface area contributed by atoms with Crippen molar-refractivity contribution in [3.05, 3.63) is 35.4 Å². The van der Waals surface area contributed by atoms with E-state index in [0.717, 1.165) is 0 Å². The van der Waals surface area contributed by atoms with Crippen LogP contribution in [0.2, 0.25) is 0 Å². The van der Waals surface area contributed by atoms with Gasteiger partial charge in [0.15, 0.2) is 0 Å². The Hall–Kier alpha value is -0.300. The number of alkyl halides is 1. The molecular formula is C12H17Br. The summed E-state index contributed by atoms with van der Waals surface area (Å²) in [5.74, 6) is 0.697. The highest BCUT2D eigenvalue weighted by Gasteiger charge is 2.13. The van der Waals surface area contributed by atoms with Gasteiger partial charge in [-0.05, 0) is 18.4 Å². The van der Waals surface area contributed by atoms with Crippen LogP contribution in [0.5, 0.6) is 0 Å². The van der Waals surface area contributed by atoms with Gasteiger partial charge in [0.2, 0.25) is 0 Å². The quantitative estimate of drug-likeness (QED) is 0.684. The second kappa shape index (κ2) is 4.80. The third kappa shape index (κ3) is 2.84. The molecule has 2 unspecified atom stereocenters. The molecule has 1 heteroatoms. The zero-order valence-electron chi connectivity index (χ0n) is 8.55. The van der Waals surface area contributed by atoms with Gasteiger partial charge in [-0.3, -0.25) is 0 Å². The van der Waals surface area contributed by atoms with E-state index in [1.54, 1.807) is 0 Å². The maximum atomic E-state index is 3.74. The molecule has 72 valence electrons. The SMILES string of the molecule is CCC(C)C(Br)c1ccc(C)cc1. The van der Waals surface area contributed by atoms with Crippen LogP contribution in [-0.2, 0) is 0 Å². The van der Waals surface area contributed by atoms with E-state index < -0.39 is 0 Å². The summed E-state index contributed by atoms with van der Waals surface area (Å²) in [6.07, 6.45) is 1.21. The molecule has 0 fully saturated rings. The summed E-state index contributed by atoms with van der Waals surface area (Å²) in [5, 5.41) is 0. The Bertz CT molecular complexity index is 250. The molecule has 0 saturated carbocycles. The summed E-state index contributed by atoms with van der Waals surface area (Å²) in [5.41, 5.74) is 2.72. The van der Waals surface area contributed by atoms with E-state index in [0.29, 0.717) is 10.7 Å². The number of hydrogen-bond acceptors (Lipinski definition) is 0. The molecule has 0 aliphatic heterocycles. The zero-order chi connectivity index (χ0) is 9.84. The fourth-order valence-electron chi connectivity index (χ4n) is 1.29. The van der Waals surface area contributed by atoms with Crippen molar-refractivity contribution in [1.82, 2.24) is 0 Å². The molecule has 2 atom stereocenters. The highest BCUT2D eigenvalue weighted by atomic mass is 79.9. The van der Waals surface area contributed by atoms with Gasteiger partial charge in [-0.15, -0.1) is 0 Å². The summed E-state index contributed by atoms with van der Waals surface area (Å²) in [4.78, 5) is 0.498. The van der Waals surface area contributed by atoms with E-state index >= 15 is 0 Å². The molecule has 1 aromatic carbocycles. The van der Waals surface area contributed by atoms with Crippen LogP contribution in [0, 0.1) is 12.8 Å². The third-order valence-corrected chi connectivity index (χ3v) is 3.97. The van der Waals surface area contributed by atoms with Crippen molar-refractivity contribution >= 4 is 15.9 Å². The molecule has 13 heavy (non-hydrogen) atoms. The molecule has 0 nitrogen and oxygen atoms in total. The Kier molecular flexibility index (Phi) is 3.98. The maximum absolute atomic E-state index is 3.74. The summed E-state index contributed by atoms with van der Waals surface area (Å²) >= 11 is 3.74. The molecule has 0 radical (unpaired) electrons. The molecule has 0 aliphatic carbocycles. The summed E-state index contributed by atoms with van der Waals surface area (Å²) < 4.78 is 0. The van der Waals surface area contributed by atoms with E-state index in [2.05, 4.69) is 61.0 Å². The third-order valence-electron chi connectivity index (χ3n) is 2.54. The van der Waals surface area contributed by atoms with Crippen LogP contribution in [0.15, 0.2) is 24.3 Å². The predicted molar refractivity (Wildman–Crippen MR) is 62.3 cm³/mol. The Morgan fingerprint density at radius 2 is 1.77 bits per heavy atom. The highest BCUT2D eigenvalue weighted by molar-refractivity contribution is 9.09. The van der Waals surface area contributed by atoms with E-state index in [1.165, 1.54) is 17.5 Å². The van der Waals surface area contributed by atoms with Gasteiger partial charge in [-0.1, -0.05) is 66.0 Å². The molecule has 0 bridgehead atoms. The monoisotopic (exact) mass is 240 g/mol. The lowest BCUT2D eigenvalue weighted by atomic mass is 9.98. The van der Waals surface area contributed by atoms with Crippen molar-refractivity contribution in [2.24, 2.45) is 5.92 Å². The van der Waals surface area contributed by atoms with Crippen LogP contribution in [0.25, 0.3) is 0 Å². The highest BCUT2D eigenvalue weighted by Crippen LogP contribution is 2.32. The van der Waals surface area contributed by atoms with Crippen molar-refractivity contribution in [3.63, 3.8) is 0 Å². The molecule has 0 N–H and O–H groups in total. The van der Waals surface area contributed by atoms with E-state index in [4.69, 9.17) is 0 Å². The minimum absolute atomic E-state index is 0.498. The lowest BCUT2D eigenvalue weighted by Gasteiger charge is -2.16. The standard InChI is InChI=1S/C12H17Br/c1-4-10(3)12(13)11-7-5-9(2)6-8-11/h5-8,10,12H,4H2,1-3H3. The van der Waals surface area contributed by atoms with Crippen molar-refractivity contribution in [2.75, 3.05) is 0 Å². The lowest BCUT2D eigenvalue weighted by Crippen LogP contribution is -2.01. The Morgan fingerprint density at radius 3 is 2.23 bits per heavy atom. The van der Waals surface area contributed by atoms with Gasteiger partial charge in [0, 0.05) is 4.83 Å². The second-order valence-electron chi connectivity index (χ2n) is 3.70. The average molecular weight is 241 g/mol. The van der Waals surface area contributed by atoms with Gasteiger partial charge < -0.3 is 0 Å². The molecule has 0 aliphatic rings. The number of rotatable bonds is 3.